The van der Waals surface area contributed by atoms with Crippen molar-refractivity contribution in [3.05, 3.63) is 34.3 Å². The van der Waals surface area contributed by atoms with Crippen LogP contribution in [0.4, 0.5) is 0 Å². The molecule has 0 spiro atoms. The number of carbonyl (C=O) groups is 1. The van der Waals surface area contributed by atoms with Gasteiger partial charge in [-0.3, -0.25) is 4.79 Å². The summed E-state index contributed by atoms with van der Waals surface area (Å²) < 4.78 is 1.04. The number of hydrogen-bond acceptors (Lipinski definition) is 2. The summed E-state index contributed by atoms with van der Waals surface area (Å²) in [5.74, 6) is 0.0425. The van der Waals surface area contributed by atoms with E-state index in [1.807, 2.05) is 24.3 Å². The molecule has 4 heteroatoms. The molecule has 0 aliphatic heterocycles. The van der Waals surface area contributed by atoms with Crippen molar-refractivity contribution in [1.29, 1.82) is 0 Å². The molecule has 0 unspecified atom stereocenters. The second kappa shape index (κ2) is 7.23. The molecule has 1 saturated carbocycles. The summed E-state index contributed by atoms with van der Waals surface area (Å²) in [6, 6.07) is 8.02. The molecular weight excluding hydrogens is 318 g/mol. The molecule has 1 aromatic carbocycles. The Morgan fingerprint density at radius 3 is 2.70 bits per heavy atom. The quantitative estimate of drug-likeness (QED) is 0.865. The van der Waals surface area contributed by atoms with Crippen LogP contribution in [0.1, 0.15) is 44.1 Å². The maximum Gasteiger partial charge on any atom is 0.220 e. The van der Waals surface area contributed by atoms with Gasteiger partial charge in [-0.05, 0) is 37.0 Å². The predicted molar refractivity (Wildman–Crippen MR) is 83.5 cm³/mol. The number of rotatable bonds is 5. The second-order valence-electron chi connectivity index (χ2n) is 5.68. The summed E-state index contributed by atoms with van der Waals surface area (Å²) >= 11 is 3.43. The molecule has 3 nitrogen and oxygen atoms in total. The molecule has 0 atom stereocenters. The minimum Gasteiger partial charge on any atom is -0.394 e. The van der Waals surface area contributed by atoms with Crippen LogP contribution in [0.3, 0.4) is 0 Å². The highest BCUT2D eigenvalue weighted by atomic mass is 79.9. The van der Waals surface area contributed by atoms with Crippen LogP contribution < -0.4 is 5.32 Å². The number of aliphatic hydroxyl groups is 1. The number of halogens is 1. The first-order chi connectivity index (χ1) is 9.63. The Bertz CT molecular complexity index is 456. The molecule has 0 heterocycles. The first kappa shape index (κ1) is 15.5. The van der Waals surface area contributed by atoms with Crippen molar-refractivity contribution in [1.82, 2.24) is 5.32 Å². The van der Waals surface area contributed by atoms with Crippen LogP contribution in [0.2, 0.25) is 0 Å². The third kappa shape index (κ3) is 4.32. The van der Waals surface area contributed by atoms with Gasteiger partial charge < -0.3 is 10.4 Å². The Morgan fingerprint density at radius 1 is 1.30 bits per heavy atom. The average Bonchev–Trinajstić information content (AvgIpc) is 2.46. The van der Waals surface area contributed by atoms with Crippen molar-refractivity contribution in [2.24, 2.45) is 0 Å². The summed E-state index contributed by atoms with van der Waals surface area (Å²) in [6.07, 6.45) is 6.37. The number of aliphatic hydroxyl groups excluding tert-OH is 1. The van der Waals surface area contributed by atoms with Gasteiger partial charge in [-0.1, -0.05) is 47.3 Å². The van der Waals surface area contributed by atoms with Crippen LogP contribution in [0.25, 0.3) is 0 Å². The van der Waals surface area contributed by atoms with E-state index in [9.17, 15) is 9.90 Å². The van der Waals surface area contributed by atoms with Gasteiger partial charge in [0.2, 0.25) is 5.91 Å². The summed E-state index contributed by atoms with van der Waals surface area (Å²) in [5, 5.41) is 12.7. The van der Waals surface area contributed by atoms with Gasteiger partial charge in [0.25, 0.3) is 0 Å². The normalized spacial score (nSPS) is 17.7. The van der Waals surface area contributed by atoms with E-state index in [0.29, 0.717) is 6.42 Å². The average molecular weight is 340 g/mol. The molecule has 2 rings (SSSR count). The van der Waals surface area contributed by atoms with Gasteiger partial charge >= 0.3 is 0 Å². The number of hydrogen-bond donors (Lipinski definition) is 2. The van der Waals surface area contributed by atoms with Crippen LogP contribution in [-0.4, -0.2) is 23.2 Å². The first-order valence-electron chi connectivity index (χ1n) is 7.30. The number of benzene rings is 1. The number of amides is 1. The smallest absolute Gasteiger partial charge is 0.220 e. The van der Waals surface area contributed by atoms with Gasteiger partial charge in [0.05, 0.1) is 12.1 Å². The molecule has 1 fully saturated rings. The van der Waals surface area contributed by atoms with Crippen molar-refractivity contribution < 1.29 is 9.90 Å². The van der Waals surface area contributed by atoms with Crippen LogP contribution in [-0.2, 0) is 11.2 Å². The SMILES string of the molecule is O=C(CCc1cccc(Br)c1)NC1(CO)CCCCC1. The Labute approximate surface area is 128 Å². The lowest BCUT2D eigenvalue weighted by molar-refractivity contribution is -0.124. The highest BCUT2D eigenvalue weighted by molar-refractivity contribution is 9.10. The minimum absolute atomic E-state index is 0.0425. The minimum atomic E-state index is -0.368. The fourth-order valence-corrected chi connectivity index (χ4v) is 3.31. The predicted octanol–water partition coefficient (Wildman–Crippen LogP) is 3.19. The third-order valence-corrected chi connectivity index (χ3v) is 4.54. The van der Waals surface area contributed by atoms with E-state index in [1.165, 1.54) is 6.42 Å². The van der Waals surface area contributed by atoms with E-state index >= 15 is 0 Å². The van der Waals surface area contributed by atoms with E-state index in [1.54, 1.807) is 0 Å². The van der Waals surface area contributed by atoms with Crippen LogP contribution in [0, 0.1) is 0 Å². The van der Waals surface area contributed by atoms with Crippen molar-refractivity contribution >= 4 is 21.8 Å². The van der Waals surface area contributed by atoms with Gasteiger partial charge in [0, 0.05) is 10.9 Å². The summed E-state index contributed by atoms with van der Waals surface area (Å²) in [7, 11) is 0. The summed E-state index contributed by atoms with van der Waals surface area (Å²) in [4.78, 5) is 12.1. The van der Waals surface area contributed by atoms with Crippen molar-refractivity contribution in [2.75, 3.05) is 6.61 Å². The summed E-state index contributed by atoms with van der Waals surface area (Å²) in [5.41, 5.74) is 0.781. The van der Waals surface area contributed by atoms with Gasteiger partial charge in [-0.25, -0.2) is 0 Å². The fraction of sp³-hybridized carbons (Fsp3) is 0.562. The lowest BCUT2D eigenvalue weighted by atomic mass is 9.82. The summed E-state index contributed by atoms with van der Waals surface area (Å²) in [6.45, 7) is 0.0512. The van der Waals surface area contributed by atoms with E-state index in [4.69, 9.17) is 0 Å². The van der Waals surface area contributed by atoms with Gasteiger partial charge in [-0.15, -0.1) is 0 Å². The fourth-order valence-electron chi connectivity index (χ4n) is 2.86. The van der Waals surface area contributed by atoms with Crippen molar-refractivity contribution in [3.8, 4) is 0 Å². The molecule has 110 valence electrons. The molecule has 0 bridgehead atoms. The Morgan fingerprint density at radius 2 is 2.05 bits per heavy atom. The highest BCUT2D eigenvalue weighted by Crippen LogP contribution is 2.27. The largest absolute Gasteiger partial charge is 0.394 e. The molecule has 0 radical (unpaired) electrons. The zero-order valence-electron chi connectivity index (χ0n) is 11.7. The maximum absolute atomic E-state index is 12.1. The Kier molecular flexibility index (Phi) is 5.61. The van der Waals surface area contributed by atoms with Crippen LogP contribution >= 0.6 is 15.9 Å². The van der Waals surface area contributed by atoms with Crippen molar-refractivity contribution in [3.63, 3.8) is 0 Å². The first-order valence-corrected chi connectivity index (χ1v) is 8.09. The zero-order chi connectivity index (χ0) is 14.4. The second-order valence-corrected chi connectivity index (χ2v) is 6.59. The van der Waals surface area contributed by atoms with Crippen molar-refractivity contribution in [2.45, 2.75) is 50.5 Å². The lowest BCUT2D eigenvalue weighted by Gasteiger charge is -2.36. The van der Waals surface area contributed by atoms with Crippen LogP contribution in [0.5, 0.6) is 0 Å². The standard InChI is InChI=1S/C16H22BrNO2/c17-14-6-4-5-13(11-14)7-8-15(20)18-16(12-19)9-2-1-3-10-16/h4-6,11,19H,1-3,7-10,12H2,(H,18,20). The van der Waals surface area contributed by atoms with E-state index in [0.717, 1.165) is 42.1 Å². The van der Waals surface area contributed by atoms with E-state index in [2.05, 4.69) is 21.2 Å². The maximum atomic E-state index is 12.1. The number of carbonyl (C=O) groups excluding carboxylic acids is 1. The lowest BCUT2D eigenvalue weighted by Crippen LogP contribution is -2.52. The van der Waals surface area contributed by atoms with Gasteiger partial charge in [0.1, 0.15) is 0 Å². The zero-order valence-corrected chi connectivity index (χ0v) is 13.3. The molecule has 0 saturated heterocycles. The van der Waals surface area contributed by atoms with Crippen LogP contribution in [0.15, 0.2) is 28.7 Å². The Balaban J connectivity index is 1.85. The number of aryl methyl sites for hydroxylation is 1. The monoisotopic (exact) mass is 339 g/mol. The number of nitrogens with one attached hydrogen (secondary N) is 1. The molecule has 1 aliphatic rings. The van der Waals surface area contributed by atoms with E-state index < -0.39 is 0 Å². The van der Waals surface area contributed by atoms with E-state index in [-0.39, 0.29) is 18.1 Å². The van der Waals surface area contributed by atoms with Gasteiger partial charge in [-0.2, -0.15) is 0 Å². The molecule has 2 N–H and O–H groups in total. The molecule has 1 aromatic rings. The molecule has 0 aromatic heterocycles. The molecule has 20 heavy (non-hydrogen) atoms. The molecular formula is C16H22BrNO2. The molecule has 1 amide bonds. The topological polar surface area (TPSA) is 49.3 Å². The molecule has 1 aliphatic carbocycles. The Hall–Kier alpha value is -0.870. The third-order valence-electron chi connectivity index (χ3n) is 4.05. The highest BCUT2D eigenvalue weighted by Gasteiger charge is 2.32. The van der Waals surface area contributed by atoms with Gasteiger partial charge in [0.15, 0.2) is 0 Å².